The first kappa shape index (κ1) is 11.8. The highest BCUT2D eigenvalue weighted by molar-refractivity contribution is 7.80. The van der Waals surface area contributed by atoms with Crippen LogP contribution in [0.2, 0.25) is 0 Å². The molecular formula is C11H22N2S. The SMILES string of the molecule is CCNC(=S)N(C)C1CCCCC1C. The standard InChI is InChI=1S/C11H22N2S/c1-4-12-11(14)13(3)10-8-6-5-7-9(10)2/h9-10H,4-8H2,1-3H3,(H,12,14). The summed E-state index contributed by atoms with van der Waals surface area (Å²) in [7, 11) is 2.12. The maximum Gasteiger partial charge on any atom is 0.168 e. The second kappa shape index (κ2) is 5.54. The van der Waals surface area contributed by atoms with Crippen molar-refractivity contribution in [1.82, 2.24) is 10.2 Å². The molecular weight excluding hydrogens is 192 g/mol. The van der Waals surface area contributed by atoms with Crippen LogP contribution in [0.3, 0.4) is 0 Å². The Morgan fingerprint density at radius 3 is 2.64 bits per heavy atom. The van der Waals surface area contributed by atoms with Gasteiger partial charge in [0.1, 0.15) is 0 Å². The number of nitrogens with zero attached hydrogens (tertiary/aromatic N) is 1. The lowest BCUT2D eigenvalue weighted by molar-refractivity contribution is 0.204. The minimum atomic E-state index is 0.648. The molecule has 0 aliphatic heterocycles. The molecule has 0 bridgehead atoms. The monoisotopic (exact) mass is 214 g/mol. The van der Waals surface area contributed by atoms with Crippen LogP contribution in [0.1, 0.15) is 39.5 Å². The van der Waals surface area contributed by atoms with Crippen molar-refractivity contribution >= 4 is 17.3 Å². The molecule has 1 aliphatic carbocycles. The molecule has 1 rings (SSSR count). The lowest BCUT2D eigenvalue weighted by Gasteiger charge is -2.37. The van der Waals surface area contributed by atoms with Crippen LogP contribution >= 0.6 is 12.2 Å². The van der Waals surface area contributed by atoms with Gasteiger partial charge in [-0.05, 0) is 37.9 Å². The van der Waals surface area contributed by atoms with Gasteiger partial charge in [-0.1, -0.05) is 19.8 Å². The largest absolute Gasteiger partial charge is 0.363 e. The molecule has 2 atom stereocenters. The van der Waals surface area contributed by atoms with E-state index in [1.165, 1.54) is 25.7 Å². The van der Waals surface area contributed by atoms with Gasteiger partial charge in [-0.3, -0.25) is 0 Å². The summed E-state index contributed by atoms with van der Waals surface area (Å²) in [5, 5.41) is 4.13. The van der Waals surface area contributed by atoms with Crippen LogP contribution < -0.4 is 5.32 Å². The molecule has 0 radical (unpaired) electrons. The normalized spacial score (nSPS) is 27.1. The van der Waals surface area contributed by atoms with E-state index in [-0.39, 0.29) is 0 Å². The van der Waals surface area contributed by atoms with E-state index in [9.17, 15) is 0 Å². The van der Waals surface area contributed by atoms with Gasteiger partial charge in [-0.2, -0.15) is 0 Å². The second-order valence-corrected chi connectivity index (χ2v) is 4.66. The van der Waals surface area contributed by atoms with Crippen molar-refractivity contribution in [3.63, 3.8) is 0 Å². The zero-order valence-corrected chi connectivity index (χ0v) is 10.4. The lowest BCUT2D eigenvalue weighted by Crippen LogP contribution is -2.47. The molecule has 0 amide bonds. The van der Waals surface area contributed by atoms with Gasteiger partial charge >= 0.3 is 0 Å². The Morgan fingerprint density at radius 1 is 1.43 bits per heavy atom. The van der Waals surface area contributed by atoms with Crippen molar-refractivity contribution in [1.29, 1.82) is 0 Å². The Hall–Kier alpha value is -0.310. The van der Waals surface area contributed by atoms with Crippen LogP contribution in [0.4, 0.5) is 0 Å². The predicted octanol–water partition coefficient (Wildman–Crippen LogP) is 2.39. The third kappa shape index (κ3) is 2.84. The zero-order chi connectivity index (χ0) is 10.6. The van der Waals surface area contributed by atoms with Gasteiger partial charge in [0, 0.05) is 19.6 Å². The number of hydrogen-bond acceptors (Lipinski definition) is 1. The van der Waals surface area contributed by atoms with Gasteiger partial charge in [-0.25, -0.2) is 0 Å². The van der Waals surface area contributed by atoms with E-state index in [2.05, 4.69) is 31.1 Å². The van der Waals surface area contributed by atoms with Gasteiger partial charge in [0.05, 0.1) is 0 Å². The first-order valence-electron chi connectivity index (χ1n) is 5.67. The van der Waals surface area contributed by atoms with Gasteiger partial charge < -0.3 is 10.2 Å². The van der Waals surface area contributed by atoms with Crippen LogP contribution in [0.25, 0.3) is 0 Å². The molecule has 3 heteroatoms. The number of hydrogen-bond donors (Lipinski definition) is 1. The summed E-state index contributed by atoms with van der Waals surface area (Å²) in [5.74, 6) is 0.783. The minimum absolute atomic E-state index is 0.648. The molecule has 2 unspecified atom stereocenters. The highest BCUT2D eigenvalue weighted by Crippen LogP contribution is 2.27. The molecule has 1 N–H and O–H groups in total. The van der Waals surface area contributed by atoms with Gasteiger partial charge in [0.15, 0.2) is 5.11 Å². The molecule has 2 nitrogen and oxygen atoms in total. The third-order valence-electron chi connectivity index (χ3n) is 3.21. The maximum absolute atomic E-state index is 5.32. The Balaban J connectivity index is 2.48. The fourth-order valence-electron chi connectivity index (χ4n) is 2.30. The van der Waals surface area contributed by atoms with E-state index in [0.29, 0.717) is 6.04 Å². The van der Waals surface area contributed by atoms with Crippen molar-refractivity contribution in [3.8, 4) is 0 Å². The van der Waals surface area contributed by atoms with Crippen molar-refractivity contribution in [2.24, 2.45) is 5.92 Å². The second-order valence-electron chi connectivity index (χ2n) is 4.28. The Labute approximate surface area is 93.1 Å². The molecule has 0 heterocycles. The summed E-state index contributed by atoms with van der Waals surface area (Å²) in [4.78, 5) is 2.25. The molecule has 82 valence electrons. The van der Waals surface area contributed by atoms with Gasteiger partial charge in [0.2, 0.25) is 0 Å². The quantitative estimate of drug-likeness (QED) is 0.711. The van der Waals surface area contributed by atoms with Gasteiger partial charge in [-0.15, -0.1) is 0 Å². The van der Waals surface area contributed by atoms with E-state index >= 15 is 0 Å². The summed E-state index contributed by atoms with van der Waals surface area (Å²) in [5.41, 5.74) is 0. The fourth-order valence-corrected chi connectivity index (χ4v) is 2.58. The van der Waals surface area contributed by atoms with E-state index in [4.69, 9.17) is 12.2 Å². The Morgan fingerprint density at radius 2 is 2.07 bits per heavy atom. The highest BCUT2D eigenvalue weighted by atomic mass is 32.1. The molecule has 0 aromatic heterocycles. The first-order valence-corrected chi connectivity index (χ1v) is 6.08. The van der Waals surface area contributed by atoms with Crippen LogP contribution in [-0.2, 0) is 0 Å². The summed E-state index contributed by atoms with van der Waals surface area (Å²) in [6.07, 6.45) is 5.39. The van der Waals surface area contributed by atoms with Crippen LogP contribution in [0.5, 0.6) is 0 Å². The molecule has 0 saturated heterocycles. The lowest BCUT2D eigenvalue weighted by atomic mass is 9.85. The smallest absolute Gasteiger partial charge is 0.168 e. The van der Waals surface area contributed by atoms with Crippen molar-refractivity contribution < 1.29 is 0 Å². The number of thiocarbonyl (C=S) groups is 1. The predicted molar refractivity (Wildman–Crippen MR) is 65.5 cm³/mol. The molecule has 1 aliphatic rings. The van der Waals surface area contributed by atoms with Crippen LogP contribution in [-0.4, -0.2) is 29.6 Å². The van der Waals surface area contributed by atoms with E-state index in [0.717, 1.165) is 17.6 Å². The van der Waals surface area contributed by atoms with Gasteiger partial charge in [0.25, 0.3) is 0 Å². The molecule has 0 aromatic carbocycles. The van der Waals surface area contributed by atoms with Crippen molar-refractivity contribution in [2.45, 2.75) is 45.6 Å². The fraction of sp³-hybridized carbons (Fsp3) is 0.909. The Bertz CT molecular complexity index is 194. The van der Waals surface area contributed by atoms with Crippen molar-refractivity contribution in [3.05, 3.63) is 0 Å². The van der Waals surface area contributed by atoms with E-state index in [1.54, 1.807) is 0 Å². The number of rotatable bonds is 2. The molecule has 14 heavy (non-hydrogen) atoms. The first-order chi connectivity index (χ1) is 6.66. The highest BCUT2D eigenvalue weighted by Gasteiger charge is 2.25. The van der Waals surface area contributed by atoms with E-state index < -0.39 is 0 Å². The van der Waals surface area contributed by atoms with Crippen LogP contribution in [0.15, 0.2) is 0 Å². The summed E-state index contributed by atoms with van der Waals surface area (Å²) >= 11 is 5.32. The third-order valence-corrected chi connectivity index (χ3v) is 3.64. The summed E-state index contributed by atoms with van der Waals surface area (Å²) in [6, 6.07) is 0.648. The minimum Gasteiger partial charge on any atom is -0.363 e. The maximum atomic E-state index is 5.32. The molecule has 1 fully saturated rings. The zero-order valence-electron chi connectivity index (χ0n) is 9.55. The summed E-state index contributed by atoms with van der Waals surface area (Å²) < 4.78 is 0. The molecule has 0 spiro atoms. The Kier molecular flexibility index (Phi) is 4.66. The van der Waals surface area contributed by atoms with Crippen molar-refractivity contribution in [2.75, 3.05) is 13.6 Å². The van der Waals surface area contributed by atoms with E-state index in [1.807, 2.05) is 0 Å². The topological polar surface area (TPSA) is 15.3 Å². The average Bonchev–Trinajstić information content (AvgIpc) is 2.18. The molecule has 0 aromatic rings. The molecule has 1 saturated carbocycles. The number of nitrogens with one attached hydrogen (secondary N) is 1. The summed E-state index contributed by atoms with van der Waals surface area (Å²) in [6.45, 7) is 5.35. The van der Waals surface area contributed by atoms with Crippen LogP contribution in [0, 0.1) is 5.92 Å². The average molecular weight is 214 g/mol.